The lowest BCUT2D eigenvalue weighted by molar-refractivity contribution is 0.648. The van der Waals surface area contributed by atoms with Crippen molar-refractivity contribution in [1.82, 2.24) is 19.7 Å². The molecule has 0 aliphatic carbocycles. The molecule has 2 aromatic heterocycles. The number of rotatable bonds is 4. The van der Waals surface area contributed by atoms with Gasteiger partial charge in [0.1, 0.15) is 5.82 Å². The molecule has 2 aromatic rings. The highest BCUT2D eigenvalue weighted by atomic mass is 32.1. The smallest absolute Gasteiger partial charge is 0.195 e. The molecule has 4 nitrogen and oxygen atoms in total. The molecule has 2 rings (SSSR count). The van der Waals surface area contributed by atoms with E-state index in [4.69, 9.17) is 12.2 Å². The van der Waals surface area contributed by atoms with Gasteiger partial charge in [0.15, 0.2) is 4.77 Å². The van der Waals surface area contributed by atoms with Crippen LogP contribution in [0.25, 0.3) is 0 Å². The number of hydrogen-bond donors (Lipinski definition) is 1. The molecule has 0 bridgehead atoms. The van der Waals surface area contributed by atoms with Crippen molar-refractivity contribution in [3.8, 4) is 0 Å². The third-order valence-corrected chi connectivity index (χ3v) is 2.84. The molecule has 1 N–H and O–H groups in total. The zero-order valence-corrected chi connectivity index (χ0v) is 10.00. The molecule has 0 fully saturated rings. The van der Waals surface area contributed by atoms with Crippen LogP contribution in [0.3, 0.4) is 0 Å². The van der Waals surface area contributed by atoms with Crippen LogP contribution in [0.2, 0.25) is 0 Å². The lowest BCUT2D eigenvalue weighted by atomic mass is 10.2. The van der Waals surface area contributed by atoms with E-state index in [1.807, 2.05) is 24.5 Å². The van der Waals surface area contributed by atoms with Crippen LogP contribution in [0.4, 0.5) is 0 Å². The lowest BCUT2D eigenvalue weighted by Crippen LogP contribution is -2.05. The van der Waals surface area contributed by atoms with Crippen molar-refractivity contribution in [2.24, 2.45) is 0 Å². The van der Waals surface area contributed by atoms with E-state index < -0.39 is 0 Å². The molecule has 5 heteroatoms. The molecule has 2 heterocycles. The Morgan fingerprint density at radius 1 is 1.38 bits per heavy atom. The average Bonchev–Trinajstić information content (AvgIpc) is 2.69. The van der Waals surface area contributed by atoms with Crippen molar-refractivity contribution in [3.63, 3.8) is 0 Å². The van der Waals surface area contributed by atoms with Gasteiger partial charge in [-0.1, -0.05) is 6.92 Å². The van der Waals surface area contributed by atoms with Gasteiger partial charge in [0, 0.05) is 25.4 Å². The van der Waals surface area contributed by atoms with Crippen LogP contribution in [0, 0.1) is 4.77 Å². The largest absolute Gasteiger partial charge is 0.304 e. The Hall–Kier alpha value is -1.49. The average molecular weight is 234 g/mol. The third-order valence-electron chi connectivity index (χ3n) is 2.53. The van der Waals surface area contributed by atoms with Crippen molar-refractivity contribution in [2.45, 2.75) is 26.3 Å². The fourth-order valence-electron chi connectivity index (χ4n) is 1.64. The summed E-state index contributed by atoms with van der Waals surface area (Å²) in [6.07, 6.45) is 5.46. The molecule has 0 radical (unpaired) electrons. The minimum absolute atomic E-state index is 0.700. The van der Waals surface area contributed by atoms with Crippen LogP contribution in [0.1, 0.15) is 18.3 Å². The topological polar surface area (TPSA) is 46.5 Å². The van der Waals surface area contributed by atoms with Gasteiger partial charge in [0.25, 0.3) is 0 Å². The van der Waals surface area contributed by atoms with E-state index in [9.17, 15) is 0 Å². The Balaban J connectivity index is 2.10. The summed E-state index contributed by atoms with van der Waals surface area (Å²) in [5, 5.41) is 7.01. The number of H-pyrrole nitrogens is 1. The number of hydrogen-bond acceptors (Lipinski definition) is 3. The number of aromatic nitrogens is 4. The summed E-state index contributed by atoms with van der Waals surface area (Å²) in [4.78, 5) is 4.00. The van der Waals surface area contributed by atoms with Crippen molar-refractivity contribution in [3.05, 3.63) is 40.7 Å². The Morgan fingerprint density at radius 2 is 2.12 bits per heavy atom. The van der Waals surface area contributed by atoms with Crippen LogP contribution >= 0.6 is 12.2 Å². The molecule has 0 atom stereocenters. The minimum Gasteiger partial charge on any atom is -0.304 e. The van der Waals surface area contributed by atoms with Crippen molar-refractivity contribution < 1.29 is 0 Å². The highest BCUT2D eigenvalue weighted by Crippen LogP contribution is 2.04. The van der Waals surface area contributed by atoms with E-state index in [1.54, 1.807) is 0 Å². The van der Waals surface area contributed by atoms with Crippen LogP contribution in [-0.4, -0.2) is 19.7 Å². The summed E-state index contributed by atoms with van der Waals surface area (Å²) in [5.74, 6) is 1.01. The molecule has 0 aliphatic heterocycles. The predicted molar refractivity (Wildman–Crippen MR) is 64.7 cm³/mol. The molecule has 84 valence electrons. The van der Waals surface area contributed by atoms with E-state index in [0.717, 1.165) is 25.2 Å². The van der Waals surface area contributed by atoms with E-state index >= 15 is 0 Å². The minimum atomic E-state index is 0.700. The molecule has 0 aromatic carbocycles. The molecular weight excluding hydrogens is 220 g/mol. The first kappa shape index (κ1) is 11.0. The number of aromatic amines is 1. The lowest BCUT2D eigenvalue weighted by Gasteiger charge is -2.05. The van der Waals surface area contributed by atoms with E-state index in [2.05, 4.69) is 26.7 Å². The van der Waals surface area contributed by atoms with Crippen LogP contribution in [0.15, 0.2) is 24.5 Å². The Bertz CT molecular complexity index is 500. The summed E-state index contributed by atoms with van der Waals surface area (Å²) in [6.45, 7) is 2.94. The maximum atomic E-state index is 5.19. The molecule has 0 aliphatic rings. The van der Waals surface area contributed by atoms with Gasteiger partial charge in [-0.05, 0) is 36.3 Å². The van der Waals surface area contributed by atoms with Gasteiger partial charge >= 0.3 is 0 Å². The number of pyridine rings is 1. The maximum Gasteiger partial charge on any atom is 0.195 e. The van der Waals surface area contributed by atoms with Crippen molar-refractivity contribution >= 4 is 12.2 Å². The molecule has 0 unspecified atom stereocenters. The standard InChI is InChI=1S/C11H14N4S/c1-2-10-13-14-11(16)15(10)8-5-9-3-6-12-7-4-9/h3-4,6-7H,2,5,8H2,1H3,(H,14,16). The van der Waals surface area contributed by atoms with Crippen LogP contribution in [0.5, 0.6) is 0 Å². The van der Waals surface area contributed by atoms with Gasteiger partial charge in [-0.15, -0.1) is 0 Å². The van der Waals surface area contributed by atoms with Gasteiger partial charge in [-0.3, -0.25) is 10.1 Å². The summed E-state index contributed by atoms with van der Waals surface area (Å²) in [6, 6.07) is 4.05. The van der Waals surface area contributed by atoms with Crippen LogP contribution < -0.4 is 0 Å². The van der Waals surface area contributed by atoms with Gasteiger partial charge in [-0.2, -0.15) is 5.10 Å². The monoisotopic (exact) mass is 234 g/mol. The first-order valence-electron chi connectivity index (χ1n) is 5.34. The normalized spacial score (nSPS) is 10.6. The number of aryl methyl sites for hydroxylation is 2. The first-order chi connectivity index (χ1) is 7.81. The zero-order chi connectivity index (χ0) is 11.4. The summed E-state index contributed by atoms with van der Waals surface area (Å²) in [5.41, 5.74) is 1.26. The fourth-order valence-corrected chi connectivity index (χ4v) is 1.88. The third kappa shape index (κ3) is 2.36. The summed E-state index contributed by atoms with van der Waals surface area (Å²) >= 11 is 5.19. The number of nitrogens with zero attached hydrogens (tertiary/aromatic N) is 3. The number of nitrogens with one attached hydrogen (secondary N) is 1. The molecule has 0 saturated heterocycles. The van der Waals surface area contributed by atoms with E-state index in [-0.39, 0.29) is 0 Å². The Labute approximate surface area is 99.4 Å². The van der Waals surface area contributed by atoms with Gasteiger partial charge in [0.05, 0.1) is 0 Å². The molecule has 0 amide bonds. The second-order valence-corrected chi connectivity index (χ2v) is 3.94. The fraction of sp³-hybridized carbons (Fsp3) is 0.364. The van der Waals surface area contributed by atoms with E-state index in [0.29, 0.717) is 4.77 Å². The quantitative estimate of drug-likeness (QED) is 0.824. The predicted octanol–water partition coefficient (Wildman–Crippen LogP) is 2.14. The molecule has 16 heavy (non-hydrogen) atoms. The summed E-state index contributed by atoms with van der Waals surface area (Å²) < 4.78 is 2.75. The zero-order valence-electron chi connectivity index (χ0n) is 9.18. The highest BCUT2D eigenvalue weighted by molar-refractivity contribution is 7.71. The molecular formula is C11H14N4S. The van der Waals surface area contributed by atoms with Gasteiger partial charge in [0.2, 0.25) is 0 Å². The molecule has 0 saturated carbocycles. The second kappa shape index (κ2) is 5.03. The van der Waals surface area contributed by atoms with Crippen molar-refractivity contribution in [2.75, 3.05) is 0 Å². The second-order valence-electron chi connectivity index (χ2n) is 3.56. The van der Waals surface area contributed by atoms with Crippen LogP contribution in [-0.2, 0) is 19.4 Å². The molecule has 0 spiro atoms. The highest BCUT2D eigenvalue weighted by Gasteiger charge is 2.03. The van der Waals surface area contributed by atoms with Crippen molar-refractivity contribution in [1.29, 1.82) is 0 Å². The Kier molecular flexibility index (Phi) is 3.46. The van der Waals surface area contributed by atoms with Gasteiger partial charge in [-0.25, -0.2) is 0 Å². The van der Waals surface area contributed by atoms with Gasteiger partial charge < -0.3 is 4.57 Å². The summed E-state index contributed by atoms with van der Waals surface area (Å²) in [7, 11) is 0. The Morgan fingerprint density at radius 3 is 2.81 bits per heavy atom. The maximum absolute atomic E-state index is 5.19. The first-order valence-corrected chi connectivity index (χ1v) is 5.75. The SMILES string of the molecule is CCc1n[nH]c(=S)n1CCc1ccncc1. The van der Waals surface area contributed by atoms with E-state index in [1.165, 1.54) is 5.56 Å².